The minimum Gasteiger partial charge on any atom is -0.353 e. The van der Waals surface area contributed by atoms with Crippen LogP contribution >= 0.6 is 0 Å². The van der Waals surface area contributed by atoms with Gasteiger partial charge in [0, 0.05) is 26.1 Å². The molecule has 132 valence electrons. The second-order valence-corrected chi connectivity index (χ2v) is 7.67. The predicted molar refractivity (Wildman–Crippen MR) is 96.7 cm³/mol. The second kappa shape index (κ2) is 7.82. The molecule has 4 heteroatoms. The largest absolute Gasteiger partial charge is 0.353 e. The summed E-state index contributed by atoms with van der Waals surface area (Å²) in [5, 5.41) is 3.16. The van der Waals surface area contributed by atoms with Crippen molar-refractivity contribution in [1.29, 1.82) is 0 Å². The van der Waals surface area contributed by atoms with E-state index in [9.17, 15) is 9.59 Å². The Balaban J connectivity index is 1.90. The van der Waals surface area contributed by atoms with Crippen LogP contribution in [0.15, 0.2) is 30.3 Å². The molecule has 0 spiro atoms. The van der Waals surface area contributed by atoms with Gasteiger partial charge in [-0.25, -0.2) is 0 Å². The van der Waals surface area contributed by atoms with Gasteiger partial charge in [0.05, 0.1) is 5.92 Å². The summed E-state index contributed by atoms with van der Waals surface area (Å²) in [6, 6.07) is 10.5. The van der Waals surface area contributed by atoms with Crippen LogP contribution in [-0.4, -0.2) is 35.8 Å². The van der Waals surface area contributed by atoms with Crippen molar-refractivity contribution in [2.45, 2.75) is 58.4 Å². The number of nitrogens with zero attached hydrogens (tertiary/aromatic N) is 1. The molecule has 1 N–H and O–H groups in total. The van der Waals surface area contributed by atoms with Gasteiger partial charge in [0.2, 0.25) is 11.8 Å². The fourth-order valence-electron chi connectivity index (χ4n) is 3.66. The molecule has 0 bridgehead atoms. The predicted octanol–water partition coefficient (Wildman–Crippen LogP) is 3.12. The minimum atomic E-state index is -0.0788. The average molecular weight is 330 g/mol. The van der Waals surface area contributed by atoms with Gasteiger partial charge in [-0.05, 0) is 37.2 Å². The maximum Gasteiger partial charge on any atom is 0.225 e. The lowest BCUT2D eigenvalue weighted by Gasteiger charge is -2.33. The number of rotatable bonds is 5. The Kier molecular flexibility index (Phi) is 6.03. The number of piperidine rings is 1. The first-order chi connectivity index (χ1) is 11.3. The molecule has 2 amide bonds. The third-order valence-electron chi connectivity index (χ3n) is 5.00. The van der Waals surface area contributed by atoms with Crippen molar-refractivity contribution in [1.82, 2.24) is 10.2 Å². The highest BCUT2D eigenvalue weighted by molar-refractivity contribution is 5.80. The summed E-state index contributed by atoms with van der Waals surface area (Å²) in [7, 11) is 0. The highest BCUT2D eigenvalue weighted by Gasteiger charge is 2.29. The number of benzene rings is 1. The van der Waals surface area contributed by atoms with Crippen molar-refractivity contribution in [2.24, 2.45) is 5.92 Å². The zero-order valence-corrected chi connectivity index (χ0v) is 15.3. The van der Waals surface area contributed by atoms with E-state index in [1.54, 1.807) is 11.8 Å². The van der Waals surface area contributed by atoms with E-state index in [4.69, 9.17) is 0 Å². The SMILES string of the molecule is CC(=O)N1CCC[C@@H](C(=O)N[C@@H](C)CC(C)(C)c2ccccc2)C1. The Morgan fingerprint density at radius 2 is 1.96 bits per heavy atom. The molecule has 4 nitrogen and oxygen atoms in total. The Bertz CT molecular complexity index is 568. The number of carbonyl (C=O) groups excluding carboxylic acids is 2. The molecule has 0 radical (unpaired) electrons. The van der Waals surface area contributed by atoms with Crippen LogP contribution in [0.25, 0.3) is 0 Å². The molecule has 2 rings (SSSR count). The van der Waals surface area contributed by atoms with Gasteiger partial charge >= 0.3 is 0 Å². The topological polar surface area (TPSA) is 49.4 Å². The summed E-state index contributed by atoms with van der Waals surface area (Å²) in [5.41, 5.74) is 1.29. The lowest BCUT2D eigenvalue weighted by Crippen LogP contribution is -2.47. The number of hydrogen-bond acceptors (Lipinski definition) is 2. The van der Waals surface area contributed by atoms with Crippen LogP contribution in [-0.2, 0) is 15.0 Å². The lowest BCUT2D eigenvalue weighted by molar-refractivity contribution is -0.134. The van der Waals surface area contributed by atoms with Gasteiger partial charge in [-0.1, -0.05) is 44.2 Å². The quantitative estimate of drug-likeness (QED) is 0.902. The first kappa shape index (κ1) is 18.5. The molecule has 1 aromatic carbocycles. The van der Waals surface area contributed by atoms with Gasteiger partial charge in [0.15, 0.2) is 0 Å². The highest BCUT2D eigenvalue weighted by atomic mass is 16.2. The zero-order chi connectivity index (χ0) is 17.7. The minimum absolute atomic E-state index is 0.00589. The smallest absolute Gasteiger partial charge is 0.225 e. The van der Waals surface area contributed by atoms with Gasteiger partial charge in [-0.2, -0.15) is 0 Å². The lowest BCUT2D eigenvalue weighted by atomic mass is 9.79. The second-order valence-electron chi connectivity index (χ2n) is 7.67. The average Bonchev–Trinajstić information content (AvgIpc) is 2.55. The van der Waals surface area contributed by atoms with Gasteiger partial charge in [-0.3, -0.25) is 9.59 Å². The molecule has 2 atom stereocenters. The Morgan fingerprint density at radius 1 is 1.29 bits per heavy atom. The van der Waals surface area contributed by atoms with Crippen molar-refractivity contribution < 1.29 is 9.59 Å². The maximum absolute atomic E-state index is 12.5. The summed E-state index contributed by atoms with van der Waals surface area (Å²) in [5.74, 6) is 0.0630. The molecule has 0 aromatic heterocycles. The number of amides is 2. The standard InChI is InChI=1S/C20H30N2O2/c1-15(13-20(3,4)18-10-6-5-7-11-18)21-19(24)17-9-8-12-22(14-17)16(2)23/h5-7,10-11,15,17H,8-9,12-14H2,1-4H3,(H,21,24)/t15-,17+/m0/s1. The van der Waals surface area contributed by atoms with Crippen molar-refractivity contribution >= 4 is 11.8 Å². The first-order valence-corrected chi connectivity index (χ1v) is 8.91. The summed E-state index contributed by atoms with van der Waals surface area (Å²) in [4.78, 5) is 25.9. The monoisotopic (exact) mass is 330 g/mol. The van der Waals surface area contributed by atoms with E-state index in [0.717, 1.165) is 25.8 Å². The maximum atomic E-state index is 12.5. The van der Waals surface area contributed by atoms with E-state index >= 15 is 0 Å². The van der Waals surface area contributed by atoms with Crippen molar-refractivity contribution in [2.75, 3.05) is 13.1 Å². The number of likely N-dealkylation sites (tertiary alicyclic amines) is 1. The zero-order valence-electron chi connectivity index (χ0n) is 15.3. The normalized spacial score (nSPS) is 19.7. The van der Waals surface area contributed by atoms with Crippen molar-refractivity contribution in [3.05, 3.63) is 35.9 Å². The van der Waals surface area contributed by atoms with Crippen LogP contribution in [0.4, 0.5) is 0 Å². The molecule has 1 fully saturated rings. The molecule has 0 saturated carbocycles. The fourth-order valence-corrected chi connectivity index (χ4v) is 3.66. The third kappa shape index (κ3) is 4.83. The molecule has 0 unspecified atom stereocenters. The van der Waals surface area contributed by atoms with E-state index in [-0.39, 0.29) is 29.2 Å². The first-order valence-electron chi connectivity index (χ1n) is 8.91. The van der Waals surface area contributed by atoms with Crippen molar-refractivity contribution in [3.8, 4) is 0 Å². The van der Waals surface area contributed by atoms with Crippen LogP contribution in [0.1, 0.15) is 52.5 Å². The third-order valence-corrected chi connectivity index (χ3v) is 5.00. The van der Waals surface area contributed by atoms with E-state index in [0.29, 0.717) is 6.54 Å². The summed E-state index contributed by atoms with van der Waals surface area (Å²) >= 11 is 0. The van der Waals surface area contributed by atoms with E-state index in [1.165, 1.54) is 5.56 Å². The van der Waals surface area contributed by atoms with Crippen molar-refractivity contribution in [3.63, 3.8) is 0 Å². The fraction of sp³-hybridized carbons (Fsp3) is 0.600. The summed E-state index contributed by atoms with van der Waals surface area (Å²) in [6.07, 6.45) is 2.65. The summed E-state index contributed by atoms with van der Waals surface area (Å²) in [6.45, 7) is 9.39. The Labute approximate surface area is 145 Å². The highest BCUT2D eigenvalue weighted by Crippen LogP contribution is 2.28. The summed E-state index contributed by atoms with van der Waals surface area (Å²) < 4.78 is 0. The van der Waals surface area contributed by atoms with E-state index in [1.807, 2.05) is 6.07 Å². The van der Waals surface area contributed by atoms with Crippen LogP contribution in [0.5, 0.6) is 0 Å². The Morgan fingerprint density at radius 3 is 2.58 bits per heavy atom. The molecule has 24 heavy (non-hydrogen) atoms. The van der Waals surface area contributed by atoms with Gasteiger partial charge in [0.25, 0.3) is 0 Å². The number of hydrogen-bond donors (Lipinski definition) is 1. The van der Waals surface area contributed by atoms with Gasteiger partial charge < -0.3 is 10.2 Å². The van der Waals surface area contributed by atoms with Crippen LogP contribution < -0.4 is 5.32 Å². The molecule has 1 saturated heterocycles. The Hall–Kier alpha value is -1.84. The molecule has 1 aromatic rings. The molecular weight excluding hydrogens is 300 g/mol. The van der Waals surface area contributed by atoms with E-state index < -0.39 is 0 Å². The van der Waals surface area contributed by atoms with Gasteiger partial charge in [-0.15, -0.1) is 0 Å². The molecular formula is C20H30N2O2. The number of carbonyl (C=O) groups is 2. The number of nitrogens with one attached hydrogen (secondary N) is 1. The van der Waals surface area contributed by atoms with Crippen LogP contribution in [0.3, 0.4) is 0 Å². The molecule has 0 aliphatic carbocycles. The molecule has 1 aliphatic rings. The van der Waals surface area contributed by atoms with Crippen LogP contribution in [0.2, 0.25) is 0 Å². The molecule has 1 heterocycles. The van der Waals surface area contributed by atoms with Crippen LogP contribution in [0, 0.1) is 5.92 Å². The van der Waals surface area contributed by atoms with Gasteiger partial charge in [0.1, 0.15) is 0 Å². The van der Waals surface area contributed by atoms with E-state index in [2.05, 4.69) is 50.4 Å². The molecule has 1 aliphatic heterocycles.